The van der Waals surface area contributed by atoms with Gasteiger partial charge in [0.15, 0.2) is 0 Å². The highest BCUT2D eigenvalue weighted by atomic mass is 16.5. The molecule has 1 saturated carbocycles. The summed E-state index contributed by atoms with van der Waals surface area (Å²) < 4.78 is 5.25. The van der Waals surface area contributed by atoms with Gasteiger partial charge in [0.25, 0.3) is 0 Å². The zero-order valence-corrected chi connectivity index (χ0v) is 12.8. The van der Waals surface area contributed by atoms with Gasteiger partial charge in [-0.25, -0.2) is 0 Å². The number of rotatable bonds is 3. The van der Waals surface area contributed by atoms with Crippen molar-refractivity contribution in [2.75, 3.05) is 20.3 Å². The molecule has 0 aromatic carbocycles. The Hall–Kier alpha value is -1.10. The van der Waals surface area contributed by atoms with E-state index in [2.05, 4.69) is 5.32 Å². The molecule has 2 fully saturated rings. The van der Waals surface area contributed by atoms with Gasteiger partial charge in [0, 0.05) is 20.1 Å². The van der Waals surface area contributed by atoms with E-state index in [1.165, 1.54) is 0 Å². The predicted molar refractivity (Wildman–Crippen MR) is 76.2 cm³/mol. The molecule has 1 saturated heterocycles. The van der Waals surface area contributed by atoms with Crippen LogP contribution < -0.4 is 5.32 Å². The minimum atomic E-state index is -0.670. The van der Waals surface area contributed by atoms with Gasteiger partial charge < -0.3 is 15.0 Å². The van der Waals surface area contributed by atoms with Crippen molar-refractivity contribution in [3.63, 3.8) is 0 Å². The maximum Gasteiger partial charge on any atom is 0.248 e. The standard InChI is InChI=1S/C15H26N2O3/c1-14(2,11-20-3)17-10-7-12(18)16-15(13(17)19)8-5-4-6-9-15/h4-11H2,1-3H3,(H,16,18). The number of carbonyl (C=O) groups is 2. The highest BCUT2D eigenvalue weighted by Gasteiger charge is 2.48. The third kappa shape index (κ3) is 2.82. The van der Waals surface area contributed by atoms with Crippen LogP contribution >= 0.6 is 0 Å². The number of hydrogen-bond acceptors (Lipinski definition) is 3. The Bertz CT molecular complexity index is 387. The fourth-order valence-corrected chi connectivity index (χ4v) is 3.46. The average Bonchev–Trinajstić information content (AvgIpc) is 2.49. The van der Waals surface area contributed by atoms with Gasteiger partial charge in [-0.3, -0.25) is 9.59 Å². The first kappa shape index (κ1) is 15.3. The van der Waals surface area contributed by atoms with Crippen LogP contribution in [0.25, 0.3) is 0 Å². The molecule has 1 N–H and O–H groups in total. The lowest BCUT2D eigenvalue weighted by molar-refractivity contribution is -0.146. The van der Waals surface area contributed by atoms with Crippen LogP contribution in [0.2, 0.25) is 0 Å². The number of amides is 2. The molecule has 0 aromatic heterocycles. The molecular formula is C15H26N2O3. The number of hydrogen-bond donors (Lipinski definition) is 1. The Morgan fingerprint density at radius 3 is 2.50 bits per heavy atom. The molecule has 0 atom stereocenters. The van der Waals surface area contributed by atoms with Gasteiger partial charge in [-0.15, -0.1) is 0 Å². The maximum atomic E-state index is 13.0. The van der Waals surface area contributed by atoms with Crippen molar-refractivity contribution < 1.29 is 14.3 Å². The summed E-state index contributed by atoms with van der Waals surface area (Å²) in [6.45, 7) is 4.95. The zero-order chi connectivity index (χ0) is 14.8. The van der Waals surface area contributed by atoms with Gasteiger partial charge in [-0.05, 0) is 26.7 Å². The number of ether oxygens (including phenoxy) is 1. The van der Waals surface area contributed by atoms with Crippen LogP contribution in [0.3, 0.4) is 0 Å². The van der Waals surface area contributed by atoms with E-state index in [1.54, 1.807) is 7.11 Å². The molecule has 114 valence electrons. The van der Waals surface area contributed by atoms with E-state index in [4.69, 9.17) is 4.74 Å². The molecule has 1 aliphatic carbocycles. The Kier molecular flexibility index (Phi) is 4.37. The Balaban J connectivity index is 2.29. The van der Waals surface area contributed by atoms with E-state index in [-0.39, 0.29) is 17.4 Å². The molecule has 0 bridgehead atoms. The largest absolute Gasteiger partial charge is 0.382 e. The predicted octanol–water partition coefficient (Wildman–Crippen LogP) is 1.46. The van der Waals surface area contributed by atoms with Crippen LogP contribution in [-0.2, 0) is 14.3 Å². The first-order chi connectivity index (χ1) is 9.41. The van der Waals surface area contributed by atoms with E-state index in [9.17, 15) is 9.59 Å². The average molecular weight is 282 g/mol. The van der Waals surface area contributed by atoms with Crippen molar-refractivity contribution >= 4 is 11.8 Å². The van der Waals surface area contributed by atoms with E-state index < -0.39 is 5.54 Å². The van der Waals surface area contributed by atoms with E-state index in [0.717, 1.165) is 32.1 Å². The third-order valence-corrected chi connectivity index (χ3v) is 4.53. The lowest BCUT2D eigenvalue weighted by Crippen LogP contribution is -2.62. The first-order valence-electron chi connectivity index (χ1n) is 7.53. The molecule has 1 heterocycles. The molecule has 5 heteroatoms. The monoisotopic (exact) mass is 282 g/mol. The van der Waals surface area contributed by atoms with E-state index in [0.29, 0.717) is 19.6 Å². The molecule has 2 aliphatic rings. The molecule has 20 heavy (non-hydrogen) atoms. The molecule has 1 aliphatic heterocycles. The molecule has 0 unspecified atom stereocenters. The third-order valence-electron chi connectivity index (χ3n) is 4.53. The SMILES string of the molecule is COCC(C)(C)N1CCC(=O)NC2(CCCCC2)C1=O. The summed E-state index contributed by atoms with van der Waals surface area (Å²) in [5, 5.41) is 3.02. The van der Waals surface area contributed by atoms with Gasteiger partial charge in [0.1, 0.15) is 5.54 Å². The van der Waals surface area contributed by atoms with E-state index >= 15 is 0 Å². The fraction of sp³-hybridized carbons (Fsp3) is 0.867. The smallest absolute Gasteiger partial charge is 0.248 e. The Morgan fingerprint density at radius 2 is 1.90 bits per heavy atom. The quantitative estimate of drug-likeness (QED) is 0.852. The van der Waals surface area contributed by atoms with Crippen molar-refractivity contribution in [1.82, 2.24) is 10.2 Å². The normalized spacial score (nSPS) is 23.6. The summed E-state index contributed by atoms with van der Waals surface area (Å²) in [5.74, 6) is 0.0704. The zero-order valence-electron chi connectivity index (χ0n) is 12.8. The summed E-state index contributed by atoms with van der Waals surface area (Å²) >= 11 is 0. The molecule has 1 spiro atoms. The number of carbonyl (C=O) groups excluding carboxylic acids is 2. The van der Waals surface area contributed by atoms with Crippen LogP contribution in [0.5, 0.6) is 0 Å². The first-order valence-corrected chi connectivity index (χ1v) is 7.53. The van der Waals surface area contributed by atoms with Crippen LogP contribution in [-0.4, -0.2) is 48.1 Å². The summed E-state index contributed by atoms with van der Waals surface area (Å²) in [4.78, 5) is 26.9. The second kappa shape index (κ2) is 5.72. The van der Waals surface area contributed by atoms with Gasteiger partial charge in [0.05, 0.1) is 12.1 Å². The van der Waals surface area contributed by atoms with Crippen molar-refractivity contribution in [2.24, 2.45) is 0 Å². The Labute approximate surface area is 121 Å². The number of nitrogens with zero attached hydrogens (tertiary/aromatic N) is 1. The van der Waals surface area contributed by atoms with Crippen LogP contribution in [0, 0.1) is 0 Å². The highest BCUT2D eigenvalue weighted by molar-refractivity contribution is 5.94. The van der Waals surface area contributed by atoms with Gasteiger partial charge >= 0.3 is 0 Å². The molecular weight excluding hydrogens is 256 g/mol. The van der Waals surface area contributed by atoms with E-state index in [1.807, 2.05) is 18.7 Å². The van der Waals surface area contributed by atoms with Crippen LogP contribution in [0.1, 0.15) is 52.4 Å². The molecule has 0 radical (unpaired) electrons. The minimum absolute atomic E-state index is 0.00373. The molecule has 0 aromatic rings. The topological polar surface area (TPSA) is 58.6 Å². The lowest BCUT2D eigenvalue weighted by Gasteiger charge is -2.44. The van der Waals surface area contributed by atoms with Crippen molar-refractivity contribution in [1.29, 1.82) is 0 Å². The molecule has 2 rings (SSSR count). The van der Waals surface area contributed by atoms with Crippen LogP contribution in [0.4, 0.5) is 0 Å². The second-order valence-corrected chi connectivity index (χ2v) is 6.64. The van der Waals surface area contributed by atoms with Crippen molar-refractivity contribution in [3.8, 4) is 0 Å². The molecule has 5 nitrogen and oxygen atoms in total. The second-order valence-electron chi connectivity index (χ2n) is 6.64. The summed E-state index contributed by atoms with van der Waals surface area (Å²) in [5.41, 5.74) is -1.06. The summed E-state index contributed by atoms with van der Waals surface area (Å²) in [7, 11) is 1.64. The van der Waals surface area contributed by atoms with Gasteiger partial charge in [-0.1, -0.05) is 19.3 Å². The number of nitrogens with one attached hydrogen (secondary N) is 1. The van der Waals surface area contributed by atoms with Crippen LogP contribution in [0.15, 0.2) is 0 Å². The maximum absolute atomic E-state index is 13.0. The van der Waals surface area contributed by atoms with Gasteiger partial charge in [0.2, 0.25) is 11.8 Å². The minimum Gasteiger partial charge on any atom is -0.382 e. The summed E-state index contributed by atoms with van der Waals surface area (Å²) in [6.07, 6.45) is 5.05. The summed E-state index contributed by atoms with van der Waals surface area (Å²) in [6, 6.07) is 0. The Morgan fingerprint density at radius 1 is 1.25 bits per heavy atom. The van der Waals surface area contributed by atoms with Crippen molar-refractivity contribution in [2.45, 2.75) is 63.5 Å². The van der Waals surface area contributed by atoms with Gasteiger partial charge in [-0.2, -0.15) is 0 Å². The lowest BCUT2D eigenvalue weighted by atomic mass is 9.80. The number of methoxy groups -OCH3 is 1. The van der Waals surface area contributed by atoms with Crippen molar-refractivity contribution in [3.05, 3.63) is 0 Å². The highest BCUT2D eigenvalue weighted by Crippen LogP contribution is 2.33. The fourth-order valence-electron chi connectivity index (χ4n) is 3.46. The molecule has 2 amide bonds.